The van der Waals surface area contributed by atoms with Crippen molar-refractivity contribution in [1.29, 1.82) is 0 Å². The molecule has 0 heterocycles. The fourth-order valence-electron chi connectivity index (χ4n) is 0. The van der Waals surface area contributed by atoms with E-state index in [0.717, 1.165) is 0 Å². The third-order valence-corrected chi connectivity index (χ3v) is 0. The van der Waals surface area contributed by atoms with Gasteiger partial charge in [0.1, 0.15) is 0 Å². The van der Waals surface area contributed by atoms with Crippen LogP contribution >= 0.6 is 0 Å². The van der Waals surface area contributed by atoms with Crippen molar-refractivity contribution in [2.75, 3.05) is 0 Å². The largest absolute Gasteiger partial charge is 0.0125 e. The Kier molecular flexibility index (Phi) is 169. The molecule has 0 amide bonds. The normalized spacial score (nSPS) is 0. The molecule has 4 heteroatoms. The summed E-state index contributed by atoms with van der Waals surface area (Å²) >= 11 is 0. The summed E-state index contributed by atoms with van der Waals surface area (Å²) in [4.78, 5) is 0. The van der Waals surface area contributed by atoms with Crippen LogP contribution in [0.25, 0.3) is 0 Å². The minimum absolute atomic E-state index is 0. The van der Waals surface area contributed by atoms with Gasteiger partial charge in [-0.1, -0.05) is 0 Å². The van der Waals surface area contributed by atoms with Gasteiger partial charge in [0, 0.05) is 17.1 Å². The predicted octanol–water partition coefficient (Wildman–Crippen LogP) is -3.29. The zero-order chi connectivity index (χ0) is 0. The molecule has 0 nitrogen and oxygen atoms in total. The molecule has 0 unspecified atom stereocenters. The SMILES string of the molecule is [AlH3].[BiH2].[Cu].[SiH3]. The topological polar surface area (TPSA) is 0 Å². The maximum atomic E-state index is 0. The third kappa shape index (κ3) is 8.91. The van der Waals surface area contributed by atoms with Gasteiger partial charge in [-0.3, -0.25) is 0 Å². The molecule has 0 aliphatic carbocycles. The Morgan fingerprint density at radius 1 is 1.00 bits per heavy atom. The minimum atomic E-state index is 0. The Labute approximate surface area is 70.9 Å². The summed E-state index contributed by atoms with van der Waals surface area (Å²) in [6.45, 7) is 0. The first-order valence-electron chi connectivity index (χ1n) is 0. The zero-order valence-electron chi connectivity index (χ0n) is 1.88. The molecule has 0 aliphatic rings. The molecule has 0 atom stereocenters. The Morgan fingerprint density at radius 2 is 1.00 bits per heavy atom. The Hall–Kier alpha value is 2.15. The summed E-state index contributed by atoms with van der Waals surface area (Å²) in [7, 11) is 0. The first kappa shape index (κ1) is 35.3. The van der Waals surface area contributed by atoms with E-state index >= 15 is 0 Å². The van der Waals surface area contributed by atoms with Gasteiger partial charge in [-0.15, -0.1) is 0 Å². The molecule has 0 spiro atoms. The quantitative estimate of drug-likeness (QED) is 0.407. The van der Waals surface area contributed by atoms with Gasteiger partial charge >= 0.3 is 26.2 Å². The second-order valence-corrected chi connectivity index (χ2v) is 0. The molecule has 4 heavy (non-hydrogen) atoms. The molecule has 0 aromatic carbocycles. The van der Waals surface area contributed by atoms with Gasteiger partial charge in [-0.25, -0.2) is 0 Å². The van der Waals surface area contributed by atoms with Crippen molar-refractivity contribution < 1.29 is 17.1 Å². The van der Waals surface area contributed by atoms with Gasteiger partial charge in [0.25, 0.3) is 0 Å². The average Bonchev–Trinajstić information content (AvgIpc) is 0. The maximum absolute atomic E-state index is 0. The first-order valence-corrected chi connectivity index (χ1v) is 0. The molecule has 0 aromatic heterocycles. The molecule has 0 aliphatic heterocycles. The molecule has 0 rings (SSSR count). The Morgan fingerprint density at radius 3 is 1.00 bits per heavy atom. The van der Waals surface area contributed by atoms with Crippen LogP contribution in [0.2, 0.25) is 0 Å². The first-order chi connectivity index (χ1) is 0. The van der Waals surface area contributed by atoms with E-state index in [1.807, 2.05) is 0 Å². The summed E-state index contributed by atoms with van der Waals surface area (Å²) in [5.74, 6) is 0. The molecule has 0 saturated carbocycles. The van der Waals surface area contributed by atoms with Gasteiger partial charge in [-0.05, 0) is 11.0 Å². The van der Waals surface area contributed by atoms with Crippen LogP contribution in [0.1, 0.15) is 0 Å². The molecule has 31 valence electrons. The molecular formula is H8AlBiCuSi. The smallest absolute Gasteiger partial charge is 0 e. The monoisotopic (exact) mass is 335 g/mol. The summed E-state index contributed by atoms with van der Waals surface area (Å²) in [6.07, 6.45) is 0. The fourth-order valence-corrected chi connectivity index (χ4v) is 0. The van der Waals surface area contributed by atoms with Gasteiger partial charge < -0.3 is 0 Å². The van der Waals surface area contributed by atoms with Crippen LogP contribution in [0.3, 0.4) is 0 Å². The predicted molar refractivity (Wildman–Crippen MR) is 28.4 cm³/mol. The number of hydrogen-bond acceptors (Lipinski definition) is 0. The van der Waals surface area contributed by atoms with E-state index in [1.54, 1.807) is 0 Å². The van der Waals surface area contributed by atoms with E-state index in [4.69, 9.17) is 0 Å². The zero-order valence-corrected chi connectivity index (χ0v) is 9.31. The van der Waals surface area contributed by atoms with Crippen molar-refractivity contribution in [2.24, 2.45) is 0 Å². The second kappa shape index (κ2) is 19.2. The van der Waals surface area contributed by atoms with E-state index in [0.29, 0.717) is 0 Å². The molecule has 0 N–H and O–H groups in total. The van der Waals surface area contributed by atoms with Crippen LogP contribution < -0.4 is 0 Å². The fraction of sp³-hybridized carbons (Fsp3) is 0. The average molecular weight is 336 g/mol. The maximum Gasteiger partial charge on any atom is 0 e. The molecule has 0 saturated heterocycles. The van der Waals surface area contributed by atoms with E-state index in [2.05, 4.69) is 0 Å². The summed E-state index contributed by atoms with van der Waals surface area (Å²) < 4.78 is 0. The van der Waals surface area contributed by atoms with Gasteiger partial charge in [0.2, 0.25) is 0 Å². The molecular weight excluding hydrogens is 328 g/mol. The summed E-state index contributed by atoms with van der Waals surface area (Å²) in [5.41, 5.74) is 0. The molecule has 0 aromatic rings. The molecule has 0 fully saturated rings. The van der Waals surface area contributed by atoms with Crippen molar-refractivity contribution in [3.05, 3.63) is 0 Å². The van der Waals surface area contributed by atoms with Crippen molar-refractivity contribution in [1.82, 2.24) is 0 Å². The van der Waals surface area contributed by atoms with Crippen LogP contribution in [0.4, 0.5) is 0 Å². The Balaban J connectivity index is 0. The van der Waals surface area contributed by atoms with Gasteiger partial charge in [0.05, 0.1) is 0 Å². The molecule has 3 radical (unpaired) electrons. The van der Waals surface area contributed by atoms with Crippen LogP contribution in [-0.2, 0) is 17.1 Å². The van der Waals surface area contributed by atoms with E-state index in [1.165, 1.54) is 0 Å². The second-order valence-electron chi connectivity index (χ2n) is 0. The summed E-state index contributed by atoms with van der Waals surface area (Å²) in [6, 6.07) is 0. The van der Waals surface area contributed by atoms with Crippen molar-refractivity contribution >= 4 is 54.5 Å². The standard InChI is InChI=1S/Al.Bi.Cu.H3Si.5H/h;;;1H3;;;;;. The molecule has 0 bridgehead atoms. The van der Waals surface area contributed by atoms with Crippen molar-refractivity contribution in [3.8, 4) is 0 Å². The van der Waals surface area contributed by atoms with Crippen molar-refractivity contribution in [2.45, 2.75) is 0 Å². The third-order valence-electron chi connectivity index (χ3n) is 0. The van der Waals surface area contributed by atoms with E-state index in [-0.39, 0.29) is 71.6 Å². The van der Waals surface area contributed by atoms with E-state index < -0.39 is 0 Å². The van der Waals surface area contributed by atoms with Crippen molar-refractivity contribution in [3.63, 3.8) is 0 Å². The van der Waals surface area contributed by atoms with Crippen LogP contribution in [0.15, 0.2) is 0 Å². The van der Waals surface area contributed by atoms with Crippen LogP contribution in [0.5, 0.6) is 0 Å². The van der Waals surface area contributed by atoms with Crippen LogP contribution in [-0.4, -0.2) is 54.5 Å². The van der Waals surface area contributed by atoms with E-state index in [9.17, 15) is 0 Å². The number of hydrogen-bond donors (Lipinski definition) is 0. The summed E-state index contributed by atoms with van der Waals surface area (Å²) in [5, 5.41) is 0. The number of rotatable bonds is 0. The van der Waals surface area contributed by atoms with Gasteiger partial charge in [0.15, 0.2) is 17.4 Å². The Bertz CT molecular complexity index is 8.00. The minimum Gasteiger partial charge on any atom is -0.0125 e. The van der Waals surface area contributed by atoms with Crippen LogP contribution in [0, 0.1) is 0 Å². The van der Waals surface area contributed by atoms with Gasteiger partial charge in [-0.2, -0.15) is 0 Å².